The third-order valence-corrected chi connectivity index (χ3v) is 5.44. The molecule has 6 heteroatoms. The molecule has 0 atom stereocenters. The van der Waals surface area contributed by atoms with Gasteiger partial charge in [0.25, 0.3) is 0 Å². The summed E-state index contributed by atoms with van der Waals surface area (Å²) in [4.78, 5) is 12.4. The first-order valence-electron chi connectivity index (χ1n) is 9.77. The Morgan fingerprint density at radius 2 is 1.86 bits per heavy atom. The molecule has 29 heavy (non-hydrogen) atoms. The first-order chi connectivity index (χ1) is 13.9. The normalized spacial score (nSPS) is 11.1. The number of carbonyl (C=O) groups excluding carboxylic acids is 1. The summed E-state index contributed by atoms with van der Waals surface area (Å²) >= 11 is 1.42. The maximum atomic E-state index is 12.4. The average molecular weight is 410 g/mol. The van der Waals surface area contributed by atoms with Crippen LogP contribution in [-0.4, -0.2) is 26.3 Å². The second kappa shape index (κ2) is 9.74. The van der Waals surface area contributed by atoms with Crippen molar-refractivity contribution in [2.75, 3.05) is 5.75 Å². The third kappa shape index (κ3) is 5.70. The highest BCUT2D eigenvalue weighted by molar-refractivity contribution is 7.99. The Morgan fingerprint density at radius 1 is 1.10 bits per heavy atom. The molecule has 0 aliphatic rings. The minimum absolute atomic E-state index is 0.0860. The fraction of sp³-hybridized carbons (Fsp3) is 0.348. The Labute approximate surface area is 176 Å². The van der Waals surface area contributed by atoms with E-state index in [1.54, 1.807) is 0 Å². The van der Waals surface area contributed by atoms with Gasteiger partial charge < -0.3 is 9.30 Å². The summed E-state index contributed by atoms with van der Waals surface area (Å²) in [6.45, 7) is 9.51. The SMILES string of the molecule is Cc1ccc(C)c(OCc2nnc(SCC(=O)c3ccccc3)n2CC(C)C)c1. The highest BCUT2D eigenvalue weighted by Crippen LogP contribution is 2.23. The molecule has 0 fully saturated rings. The van der Waals surface area contributed by atoms with Gasteiger partial charge in [-0.1, -0.05) is 68.1 Å². The number of Topliss-reactive ketones (excluding diaryl/α,β-unsaturated/α-hetero) is 1. The van der Waals surface area contributed by atoms with Crippen molar-refractivity contribution in [3.63, 3.8) is 0 Å². The van der Waals surface area contributed by atoms with E-state index < -0.39 is 0 Å². The molecule has 152 valence electrons. The van der Waals surface area contributed by atoms with Crippen LogP contribution in [0.2, 0.25) is 0 Å². The maximum absolute atomic E-state index is 12.4. The van der Waals surface area contributed by atoms with Crippen molar-refractivity contribution in [3.8, 4) is 5.75 Å². The van der Waals surface area contributed by atoms with Gasteiger partial charge in [-0.3, -0.25) is 4.79 Å². The van der Waals surface area contributed by atoms with Crippen molar-refractivity contribution in [1.29, 1.82) is 0 Å². The van der Waals surface area contributed by atoms with Crippen molar-refractivity contribution in [2.24, 2.45) is 5.92 Å². The molecule has 0 radical (unpaired) electrons. The van der Waals surface area contributed by atoms with Crippen molar-refractivity contribution in [3.05, 3.63) is 71.0 Å². The molecule has 5 nitrogen and oxygen atoms in total. The predicted octanol–water partition coefficient (Wildman–Crippen LogP) is 5.10. The van der Waals surface area contributed by atoms with Crippen molar-refractivity contribution in [2.45, 2.75) is 46.0 Å². The summed E-state index contributed by atoms with van der Waals surface area (Å²) in [5, 5.41) is 9.43. The highest BCUT2D eigenvalue weighted by atomic mass is 32.2. The lowest BCUT2D eigenvalue weighted by Crippen LogP contribution is -2.13. The average Bonchev–Trinajstić information content (AvgIpc) is 3.08. The van der Waals surface area contributed by atoms with Gasteiger partial charge in [-0.15, -0.1) is 10.2 Å². The van der Waals surface area contributed by atoms with Gasteiger partial charge in [-0.2, -0.15) is 0 Å². The predicted molar refractivity (Wildman–Crippen MR) is 117 cm³/mol. The van der Waals surface area contributed by atoms with Crippen LogP contribution in [-0.2, 0) is 13.2 Å². The molecular formula is C23H27N3O2S. The van der Waals surface area contributed by atoms with Crippen molar-refractivity contribution in [1.82, 2.24) is 14.8 Å². The smallest absolute Gasteiger partial charge is 0.191 e. The van der Waals surface area contributed by atoms with Crippen LogP contribution < -0.4 is 4.74 Å². The van der Waals surface area contributed by atoms with Crippen molar-refractivity contribution >= 4 is 17.5 Å². The van der Waals surface area contributed by atoms with Crippen LogP contribution in [0.1, 0.15) is 41.2 Å². The van der Waals surface area contributed by atoms with Crippen LogP contribution in [0, 0.1) is 19.8 Å². The van der Waals surface area contributed by atoms with Gasteiger partial charge in [-0.25, -0.2) is 0 Å². The summed E-state index contributed by atoms with van der Waals surface area (Å²) in [5.74, 6) is 2.47. The molecule has 3 aromatic rings. The van der Waals surface area contributed by atoms with E-state index in [1.165, 1.54) is 11.8 Å². The summed E-state index contributed by atoms with van der Waals surface area (Å²) in [6.07, 6.45) is 0. The minimum Gasteiger partial charge on any atom is -0.485 e. The first kappa shape index (κ1) is 21.1. The molecule has 0 saturated carbocycles. The molecule has 0 saturated heterocycles. The molecule has 2 aromatic carbocycles. The topological polar surface area (TPSA) is 57.0 Å². The summed E-state index contributed by atoms with van der Waals surface area (Å²) in [5.41, 5.74) is 2.96. The zero-order chi connectivity index (χ0) is 20.8. The van der Waals surface area contributed by atoms with Crippen molar-refractivity contribution < 1.29 is 9.53 Å². The van der Waals surface area contributed by atoms with Gasteiger partial charge in [0.15, 0.2) is 16.8 Å². The molecule has 1 heterocycles. The second-order valence-corrected chi connectivity index (χ2v) is 8.48. The van der Waals surface area contributed by atoms with E-state index >= 15 is 0 Å². The lowest BCUT2D eigenvalue weighted by Gasteiger charge is -2.14. The molecule has 1 aromatic heterocycles. The van der Waals surface area contributed by atoms with E-state index in [2.05, 4.69) is 40.7 Å². The summed E-state index contributed by atoms with van der Waals surface area (Å²) in [7, 11) is 0. The number of hydrogen-bond acceptors (Lipinski definition) is 5. The van der Waals surface area contributed by atoms with E-state index in [1.807, 2.05) is 50.2 Å². The summed E-state index contributed by atoms with van der Waals surface area (Å²) < 4.78 is 8.10. The Bertz CT molecular complexity index is 968. The van der Waals surface area contributed by atoms with E-state index in [0.717, 1.165) is 34.4 Å². The molecule has 0 bridgehead atoms. The number of nitrogens with zero attached hydrogens (tertiary/aromatic N) is 3. The van der Waals surface area contributed by atoms with Gasteiger partial charge in [0.05, 0.1) is 5.75 Å². The number of ketones is 1. The van der Waals surface area contributed by atoms with Crippen LogP contribution in [0.25, 0.3) is 0 Å². The van der Waals surface area contributed by atoms with Crippen LogP contribution >= 0.6 is 11.8 Å². The van der Waals surface area contributed by atoms with Gasteiger partial charge in [-0.05, 0) is 37.0 Å². The van der Waals surface area contributed by atoms with Gasteiger partial charge in [0.1, 0.15) is 12.4 Å². The number of hydrogen-bond donors (Lipinski definition) is 0. The number of rotatable bonds is 9. The highest BCUT2D eigenvalue weighted by Gasteiger charge is 2.16. The van der Waals surface area contributed by atoms with Crippen LogP contribution in [0.3, 0.4) is 0 Å². The van der Waals surface area contributed by atoms with Crippen LogP contribution in [0.4, 0.5) is 0 Å². The van der Waals surface area contributed by atoms with E-state index in [0.29, 0.717) is 23.8 Å². The number of aryl methyl sites for hydroxylation is 2. The number of thioether (sulfide) groups is 1. The fourth-order valence-electron chi connectivity index (χ4n) is 2.92. The molecule has 0 amide bonds. The van der Waals surface area contributed by atoms with Gasteiger partial charge in [0.2, 0.25) is 0 Å². The Morgan fingerprint density at radius 3 is 2.59 bits per heavy atom. The molecule has 0 aliphatic carbocycles. The molecule has 0 unspecified atom stereocenters. The standard InChI is InChI=1S/C23H27N3O2S/c1-16(2)13-26-22(14-28-21-12-17(3)10-11-18(21)4)24-25-23(26)29-15-20(27)19-8-6-5-7-9-19/h5-12,16H,13-15H2,1-4H3. The van der Waals surface area contributed by atoms with Gasteiger partial charge in [0, 0.05) is 12.1 Å². The third-order valence-electron chi connectivity index (χ3n) is 4.47. The van der Waals surface area contributed by atoms with E-state index in [-0.39, 0.29) is 5.78 Å². The molecular weight excluding hydrogens is 382 g/mol. The lowest BCUT2D eigenvalue weighted by atomic mass is 10.1. The lowest BCUT2D eigenvalue weighted by molar-refractivity contribution is 0.102. The molecule has 0 spiro atoms. The summed E-state index contributed by atoms with van der Waals surface area (Å²) in [6, 6.07) is 15.5. The van der Waals surface area contributed by atoms with E-state index in [9.17, 15) is 4.79 Å². The molecule has 0 N–H and O–H groups in total. The zero-order valence-electron chi connectivity index (χ0n) is 17.4. The quantitative estimate of drug-likeness (QED) is 0.363. The van der Waals surface area contributed by atoms with Crippen LogP contribution in [0.15, 0.2) is 53.7 Å². The first-order valence-corrected chi connectivity index (χ1v) is 10.8. The number of aromatic nitrogens is 3. The second-order valence-electron chi connectivity index (χ2n) is 7.54. The zero-order valence-corrected chi connectivity index (χ0v) is 18.2. The number of benzene rings is 2. The number of ether oxygens (including phenoxy) is 1. The molecule has 3 rings (SSSR count). The number of carbonyl (C=O) groups is 1. The van der Waals surface area contributed by atoms with E-state index in [4.69, 9.17) is 4.74 Å². The maximum Gasteiger partial charge on any atom is 0.191 e. The monoisotopic (exact) mass is 409 g/mol. The Kier molecular flexibility index (Phi) is 7.09. The minimum atomic E-state index is 0.0860. The van der Waals surface area contributed by atoms with Crippen LogP contribution in [0.5, 0.6) is 5.75 Å². The van der Waals surface area contributed by atoms with Gasteiger partial charge >= 0.3 is 0 Å². The fourth-order valence-corrected chi connectivity index (χ4v) is 3.78. The molecule has 0 aliphatic heterocycles. The largest absolute Gasteiger partial charge is 0.485 e. The Balaban J connectivity index is 1.72. The Hall–Kier alpha value is -2.60.